The molecule has 2 aliphatic rings. The van der Waals surface area contributed by atoms with Crippen molar-refractivity contribution in [1.82, 2.24) is 4.90 Å². The van der Waals surface area contributed by atoms with Crippen molar-refractivity contribution in [3.8, 4) is 6.07 Å². The van der Waals surface area contributed by atoms with Crippen LogP contribution in [0.2, 0.25) is 0 Å². The molecular weight excluding hydrogens is 544 g/mol. The van der Waals surface area contributed by atoms with E-state index in [4.69, 9.17) is 5.14 Å². The molecule has 2 heterocycles. The summed E-state index contributed by atoms with van der Waals surface area (Å²) in [6.07, 6.45) is 1.94. The van der Waals surface area contributed by atoms with Crippen LogP contribution in [0.15, 0.2) is 65.6 Å². The molecule has 9 heteroatoms. The number of para-hydroxylation sites is 2. The molecule has 0 bridgehead atoms. The minimum atomic E-state index is -2.85. The maximum absolute atomic E-state index is 13.8. The first kappa shape index (κ1) is 29.5. The van der Waals surface area contributed by atoms with Gasteiger partial charge in [0, 0.05) is 63.6 Å². The molecule has 42 heavy (non-hydrogen) atoms. The van der Waals surface area contributed by atoms with Crippen LogP contribution in [-0.2, 0) is 9.71 Å². The largest absolute Gasteiger partial charge is 0.371 e. The van der Waals surface area contributed by atoms with E-state index in [9.17, 15) is 14.3 Å². The number of amides is 1. The van der Waals surface area contributed by atoms with Crippen LogP contribution in [0, 0.1) is 25.2 Å². The van der Waals surface area contributed by atoms with Gasteiger partial charge in [-0.2, -0.15) is 5.26 Å². The topological polar surface area (TPSA) is 96.9 Å². The zero-order chi connectivity index (χ0) is 30.0. The lowest BCUT2D eigenvalue weighted by Crippen LogP contribution is -2.49. The van der Waals surface area contributed by atoms with E-state index in [1.54, 1.807) is 6.07 Å². The van der Waals surface area contributed by atoms with Gasteiger partial charge in [-0.25, -0.2) is 4.21 Å². The average Bonchev–Trinajstić information content (AvgIpc) is 3.00. The van der Waals surface area contributed by atoms with Crippen molar-refractivity contribution < 1.29 is 9.00 Å². The van der Waals surface area contributed by atoms with Crippen LogP contribution in [0.25, 0.3) is 0 Å². The SMILES string of the molecule is C=S(N)(=O)c1ccccc1N1CCN(C(=O)c2cc(N(C)C3CCN(c4ccccc4C#N)CC3)c(C)cc2C)CC1. The smallest absolute Gasteiger partial charge is 0.254 e. The van der Waals surface area contributed by atoms with Crippen molar-refractivity contribution in [3.05, 3.63) is 82.9 Å². The van der Waals surface area contributed by atoms with E-state index in [2.05, 4.69) is 52.7 Å². The highest BCUT2D eigenvalue weighted by Crippen LogP contribution is 2.31. The number of nitrogens with two attached hydrogens (primary N) is 1. The average molecular weight is 585 g/mol. The minimum Gasteiger partial charge on any atom is -0.371 e. The Labute approximate surface area is 250 Å². The predicted molar refractivity (Wildman–Crippen MR) is 173 cm³/mol. The summed E-state index contributed by atoms with van der Waals surface area (Å²) in [5, 5.41) is 15.4. The highest BCUT2D eigenvalue weighted by molar-refractivity contribution is 7.98. The fourth-order valence-electron chi connectivity index (χ4n) is 6.32. The van der Waals surface area contributed by atoms with Gasteiger partial charge in [0.15, 0.2) is 0 Å². The quantitative estimate of drug-likeness (QED) is 0.437. The Balaban J connectivity index is 1.27. The lowest BCUT2D eigenvalue weighted by molar-refractivity contribution is 0.0746. The molecule has 8 nitrogen and oxygen atoms in total. The van der Waals surface area contributed by atoms with Crippen molar-refractivity contribution in [1.29, 1.82) is 5.26 Å². The summed E-state index contributed by atoms with van der Waals surface area (Å²) in [6, 6.07) is 22.1. The number of rotatable bonds is 6. The van der Waals surface area contributed by atoms with Gasteiger partial charge < -0.3 is 19.6 Å². The Morgan fingerprint density at radius 3 is 2.17 bits per heavy atom. The van der Waals surface area contributed by atoms with Crippen molar-refractivity contribution >= 4 is 38.5 Å². The van der Waals surface area contributed by atoms with Gasteiger partial charge >= 0.3 is 0 Å². The molecule has 2 fully saturated rings. The third kappa shape index (κ3) is 5.96. The number of piperazine rings is 1. The Morgan fingerprint density at radius 2 is 1.52 bits per heavy atom. The van der Waals surface area contributed by atoms with Crippen molar-refractivity contribution in [2.45, 2.75) is 37.6 Å². The Bertz CT molecular complexity index is 1610. The number of nitriles is 1. The molecule has 3 aromatic rings. The Hall–Kier alpha value is -4.00. The van der Waals surface area contributed by atoms with Gasteiger partial charge in [-0.3, -0.25) is 9.93 Å². The number of carbonyl (C=O) groups is 1. The summed E-state index contributed by atoms with van der Waals surface area (Å²) >= 11 is 0. The molecular formula is C33H40N6O2S. The molecule has 0 aliphatic carbocycles. The zero-order valence-corrected chi connectivity index (χ0v) is 25.6. The molecule has 1 amide bonds. The highest BCUT2D eigenvalue weighted by atomic mass is 32.2. The number of benzene rings is 3. The van der Waals surface area contributed by atoms with Gasteiger partial charge in [-0.1, -0.05) is 30.3 Å². The lowest BCUT2D eigenvalue weighted by Gasteiger charge is -2.40. The summed E-state index contributed by atoms with van der Waals surface area (Å²) in [6.45, 7) is 8.27. The van der Waals surface area contributed by atoms with Gasteiger partial charge in [0.25, 0.3) is 5.91 Å². The summed E-state index contributed by atoms with van der Waals surface area (Å²) < 4.78 is 12.5. The monoisotopic (exact) mass is 584 g/mol. The Kier molecular flexibility index (Phi) is 8.48. The number of hydrogen-bond acceptors (Lipinski definition) is 6. The molecule has 2 N–H and O–H groups in total. The fourth-order valence-corrected chi connectivity index (χ4v) is 7.18. The molecule has 1 unspecified atom stereocenters. The Morgan fingerprint density at radius 1 is 0.929 bits per heavy atom. The third-order valence-corrected chi connectivity index (χ3v) is 9.77. The van der Waals surface area contributed by atoms with Crippen LogP contribution < -0.4 is 19.8 Å². The summed E-state index contributed by atoms with van der Waals surface area (Å²) in [5.74, 6) is 3.71. The van der Waals surface area contributed by atoms with Crippen LogP contribution in [0.3, 0.4) is 0 Å². The highest BCUT2D eigenvalue weighted by Gasteiger charge is 2.28. The molecule has 5 rings (SSSR count). The number of piperidine rings is 1. The standard InChI is InChI=1S/C33H40N6O2S/c1-24-21-25(2)31(36(3)27-13-15-37(16-14-27)29-10-6-5-9-26(29)23-34)22-28(24)33(40)39-19-17-38(18-20-39)30-11-7-8-12-32(30)42(4,35)41/h5-12,21-22,27H,4,13-20H2,1-3H3,(H2,35,41). The molecule has 0 spiro atoms. The maximum atomic E-state index is 13.8. The number of aryl methyl sites for hydroxylation is 2. The van der Waals surface area contributed by atoms with E-state index < -0.39 is 9.71 Å². The summed E-state index contributed by atoms with van der Waals surface area (Å²) in [4.78, 5) is 23.0. The van der Waals surface area contributed by atoms with E-state index in [-0.39, 0.29) is 5.91 Å². The van der Waals surface area contributed by atoms with E-state index in [1.807, 2.05) is 54.3 Å². The van der Waals surface area contributed by atoms with Crippen molar-refractivity contribution in [3.63, 3.8) is 0 Å². The van der Waals surface area contributed by atoms with Crippen LogP contribution in [0.4, 0.5) is 17.1 Å². The molecule has 1 atom stereocenters. The van der Waals surface area contributed by atoms with E-state index in [0.717, 1.165) is 59.7 Å². The van der Waals surface area contributed by atoms with Gasteiger partial charge in [0.05, 0.1) is 31.5 Å². The van der Waals surface area contributed by atoms with Gasteiger partial charge in [-0.15, -0.1) is 0 Å². The first-order valence-corrected chi connectivity index (χ1v) is 16.2. The van der Waals surface area contributed by atoms with Crippen LogP contribution in [-0.4, -0.2) is 73.2 Å². The molecule has 0 aromatic heterocycles. The summed E-state index contributed by atoms with van der Waals surface area (Å²) in [7, 11) is -0.722. The number of nitrogens with zero attached hydrogens (tertiary/aromatic N) is 5. The normalized spacial score (nSPS) is 17.5. The second-order valence-electron chi connectivity index (χ2n) is 11.4. The van der Waals surface area contributed by atoms with Gasteiger partial charge in [-0.05, 0) is 74.0 Å². The van der Waals surface area contributed by atoms with Crippen molar-refractivity contribution in [2.24, 2.45) is 5.14 Å². The first-order valence-electron chi connectivity index (χ1n) is 14.4. The van der Waals surface area contributed by atoms with Crippen LogP contribution in [0.5, 0.6) is 0 Å². The molecule has 220 valence electrons. The molecule has 0 saturated carbocycles. The predicted octanol–water partition coefficient (Wildman–Crippen LogP) is 4.19. The van der Waals surface area contributed by atoms with Gasteiger partial charge in [0.1, 0.15) is 6.07 Å². The molecule has 0 radical (unpaired) electrons. The molecule has 2 saturated heterocycles. The number of carbonyl (C=O) groups excluding carboxylic acids is 1. The zero-order valence-electron chi connectivity index (χ0n) is 24.8. The third-order valence-electron chi connectivity index (χ3n) is 8.68. The molecule has 2 aliphatic heterocycles. The molecule has 3 aromatic carbocycles. The lowest BCUT2D eigenvalue weighted by atomic mass is 9.97. The van der Waals surface area contributed by atoms with Crippen molar-refractivity contribution in [2.75, 3.05) is 61.0 Å². The fraction of sp³-hybridized carbons (Fsp3) is 0.364. The van der Waals surface area contributed by atoms with Crippen LogP contribution in [0.1, 0.15) is 39.9 Å². The minimum absolute atomic E-state index is 0.0396. The van der Waals surface area contributed by atoms with E-state index in [1.165, 1.54) is 0 Å². The van der Waals surface area contributed by atoms with E-state index >= 15 is 0 Å². The van der Waals surface area contributed by atoms with E-state index in [0.29, 0.717) is 42.7 Å². The summed E-state index contributed by atoms with van der Waals surface area (Å²) in [5.41, 5.74) is 6.50. The van der Waals surface area contributed by atoms with Crippen LogP contribution >= 0.6 is 0 Å². The first-order chi connectivity index (χ1) is 20.1. The maximum Gasteiger partial charge on any atom is 0.254 e. The number of hydrogen-bond donors (Lipinski definition) is 1. The second-order valence-corrected chi connectivity index (χ2v) is 13.3. The van der Waals surface area contributed by atoms with Gasteiger partial charge in [0.2, 0.25) is 0 Å². The second kappa shape index (κ2) is 12.1. The number of anilines is 3.